The molecule has 0 aliphatic carbocycles. The van der Waals surface area contributed by atoms with Crippen molar-refractivity contribution in [1.82, 2.24) is 9.78 Å². The van der Waals surface area contributed by atoms with Crippen molar-refractivity contribution in [3.63, 3.8) is 0 Å². The molecule has 1 aromatic heterocycles. The monoisotopic (exact) mass is 396 g/mol. The number of aromatic nitrogens is 2. The summed E-state index contributed by atoms with van der Waals surface area (Å²) in [5.74, 6) is 0.00382. The van der Waals surface area contributed by atoms with Crippen LogP contribution in [0.2, 0.25) is 0 Å². The molecule has 2 aromatic carbocycles. The SMILES string of the molecule is Cc1nn(C(COCc2ccccc2)COCc2ccccc2)c(N)c1[N+](=O)[O-]. The molecule has 8 heteroatoms. The number of nitro groups is 1. The van der Waals surface area contributed by atoms with Gasteiger partial charge in [0.15, 0.2) is 0 Å². The fourth-order valence-electron chi connectivity index (χ4n) is 3.02. The Morgan fingerprint density at radius 2 is 1.48 bits per heavy atom. The average Bonchev–Trinajstić information content (AvgIpc) is 3.02. The van der Waals surface area contributed by atoms with Gasteiger partial charge in [0.2, 0.25) is 5.82 Å². The number of ether oxygens (including phenoxy) is 2. The summed E-state index contributed by atoms with van der Waals surface area (Å²) in [6.45, 7) is 2.91. The van der Waals surface area contributed by atoms with Gasteiger partial charge in [-0.25, -0.2) is 4.68 Å². The molecule has 0 spiro atoms. The van der Waals surface area contributed by atoms with Crippen LogP contribution in [0.1, 0.15) is 22.9 Å². The van der Waals surface area contributed by atoms with E-state index in [1.54, 1.807) is 6.92 Å². The van der Waals surface area contributed by atoms with Gasteiger partial charge in [-0.15, -0.1) is 0 Å². The van der Waals surface area contributed by atoms with E-state index in [9.17, 15) is 10.1 Å². The van der Waals surface area contributed by atoms with Crippen molar-refractivity contribution in [2.45, 2.75) is 26.2 Å². The fraction of sp³-hybridized carbons (Fsp3) is 0.286. The molecule has 0 radical (unpaired) electrons. The Bertz CT molecular complexity index is 883. The molecule has 8 nitrogen and oxygen atoms in total. The predicted octanol–water partition coefficient (Wildman–Crippen LogP) is 3.66. The molecule has 2 N–H and O–H groups in total. The molecule has 0 aliphatic rings. The molecule has 0 fully saturated rings. The van der Waals surface area contributed by atoms with E-state index in [1.165, 1.54) is 4.68 Å². The lowest BCUT2D eigenvalue weighted by Crippen LogP contribution is -2.23. The number of rotatable bonds is 10. The lowest BCUT2D eigenvalue weighted by molar-refractivity contribution is -0.384. The molecule has 0 saturated carbocycles. The number of hydrogen-bond donors (Lipinski definition) is 1. The molecule has 0 atom stereocenters. The van der Waals surface area contributed by atoms with Crippen LogP contribution in [0.4, 0.5) is 11.5 Å². The number of benzene rings is 2. The van der Waals surface area contributed by atoms with Crippen LogP contribution in [0.3, 0.4) is 0 Å². The van der Waals surface area contributed by atoms with Gasteiger partial charge in [0, 0.05) is 0 Å². The van der Waals surface area contributed by atoms with Crippen LogP contribution in [-0.2, 0) is 22.7 Å². The normalized spacial score (nSPS) is 11.1. The molecule has 152 valence electrons. The Hall–Kier alpha value is -3.23. The Morgan fingerprint density at radius 1 is 1.00 bits per heavy atom. The molecule has 1 heterocycles. The first kappa shape index (κ1) is 20.5. The van der Waals surface area contributed by atoms with Gasteiger partial charge in [-0.1, -0.05) is 60.7 Å². The first-order chi connectivity index (χ1) is 14.1. The largest absolute Gasteiger partial charge is 0.378 e. The average molecular weight is 396 g/mol. The Balaban J connectivity index is 1.70. The van der Waals surface area contributed by atoms with E-state index in [2.05, 4.69) is 5.10 Å². The summed E-state index contributed by atoms with van der Waals surface area (Å²) in [7, 11) is 0. The van der Waals surface area contributed by atoms with Gasteiger partial charge in [0.25, 0.3) is 0 Å². The highest BCUT2D eigenvalue weighted by atomic mass is 16.6. The van der Waals surface area contributed by atoms with E-state index >= 15 is 0 Å². The van der Waals surface area contributed by atoms with E-state index in [0.29, 0.717) is 13.2 Å². The van der Waals surface area contributed by atoms with Crippen molar-refractivity contribution >= 4 is 11.5 Å². The maximum absolute atomic E-state index is 11.3. The summed E-state index contributed by atoms with van der Waals surface area (Å²) < 4.78 is 13.1. The Kier molecular flexibility index (Phi) is 6.94. The molecule has 3 aromatic rings. The third-order valence-corrected chi connectivity index (χ3v) is 4.46. The topological polar surface area (TPSA) is 105 Å². The molecule has 0 saturated heterocycles. The summed E-state index contributed by atoms with van der Waals surface area (Å²) in [6.07, 6.45) is 0. The number of anilines is 1. The summed E-state index contributed by atoms with van der Waals surface area (Å²) >= 11 is 0. The third kappa shape index (κ3) is 5.40. The summed E-state index contributed by atoms with van der Waals surface area (Å²) in [4.78, 5) is 10.8. The van der Waals surface area contributed by atoms with Gasteiger partial charge in [-0.2, -0.15) is 5.10 Å². The van der Waals surface area contributed by atoms with Gasteiger partial charge in [-0.3, -0.25) is 10.1 Å². The maximum Gasteiger partial charge on any atom is 0.333 e. The van der Waals surface area contributed by atoms with Gasteiger partial charge in [0.05, 0.1) is 31.4 Å². The molecular weight excluding hydrogens is 372 g/mol. The summed E-state index contributed by atoms with van der Waals surface area (Å²) in [5.41, 5.74) is 8.18. The zero-order chi connectivity index (χ0) is 20.6. The number of nitrogen functional groups attached to an aromatic ring is 1. The molecule has 3 rings (SSSR count). The van der Waals surface area contributed by atoms with Crippen LogP contribution >= 0.6 is 0 Å². The summed E-state index contributed by atoms with van der Waals surface area (Å²) in [6, 6.07) is 19.1. The third-order valence-electron chi connectivity index (χ3n) is 4.46. The molecular formula is C21H24N4O4. The Morgan fingerprint density at radius 3 is 1.90 bits per heavy atom. The Labute approximate surface area is 169 Å². The van der Waals surface area contributed by atoms with Gasteiger partial charge in [-0.05, 0) is 18.1 Å². The number of nitrogens with two attached hydrogens (primary N) is 1. The minimum Gasteiger partial charge on any atom is -0.378 e. The van der Waals surface area contributed by atoms with Gasteiger partial charge < -0.3 is 15.2 Å². The smallest absolute Gasteiger partial charge is 0.333 e. The van der Waals surface area contributed by atoms with E-state index in [-0.39, 0.29) is 30.4 Å². The molecule has 0 aliphatic heterocycles. The lowest BCUT2D eigenvalue weighted by Gasteiger charge is -2.19. The van der Waals surface area contributed by atoms with Crippen molar-refractivity contribution in [3.05, 3.63) is 87.6 Å². The van der Waals surface area contributed by atoms with Crippen LogP contribution in [0.5, 0.6) is 0 Å². The molecule has 0 unspecified atom stereocenters. The second kappa shape index (κ2) is 9.81. The highest BCUT2D eigenvalue weighted by molar-refractivity contribution is 5.56. The zero-order valence-electron chi connectivity index (χ0n) is 16.2. The second-order valence-electron chi connectivity index (χ2n) is 6.68. The van der Waals surface area contributed by atoms with E-state index in [1.807, 2.05) is 60.7 Å². The lowest BCUT2D eigenvalue weighted by atomic mass is 10.2. The van der Waals surface area contributed by atoms with Crippen LogP contribution in [0.25, 0.3) is 0 Å². The van der Waals surface area contributed by atoms with Gasteiger partial charge in [0.1, 0.15) is 11.7 Å². The van der Waals surface area contributed by atoms with Crippen molar-refractivity contribution in [1.29, 1.82) is 0 Å². The van der Waals surface area contributed by atoms with Crippen LogP contribution < -0.4 is 5.73 Å². The molecule has 29 heavy (non-hydrogen) atoms. The molecule has 0 bridgehead atoms. The number of nitrogens with zero attached hydrogens (tertiary/aromatic N) is 3. The van der Waals surface area contributed by atoms with E-state index in [4.69, 9.17) is 15.2 Å². The first-order valence-electron chi connectivity index (χ1n) is 9.28. The number of hydrogen-bond acceptors (Lipinski definition) is 6. The molecule has 0 amide bonds. The predicted molar refractivity (Wildman–Crippen MR) is 109 cm³/mol. The fourth-order valence-corrected chi connectivity index (χ4v) is 3.02. The number of aryl methyl sites for hydroxylation is 1. The minimum absolute atomic E-state index is 0.00382. The minimum atomic E-state index is -0.513. The standard InChI is InChI=1S/C21H24N4O4/c1-16-20(25(26)27)21(22)24(23-16)19(14-28-12-17-8-4-2-5-9-17)15-29-13-18-10-6-3-7-11-18/h2-11,19H,12-15,22H2,1H3. The summed E-state index contributed by atoms with van der Waals surface area (Å²) in [5, 5.41) is 15.6. The zero-order valence-corrected chi connectivity index (χ0v) is 16.2. The van der Waals surface area contributed by atoms with Crippen LogP contribution in [0.15, 0.2) is 60.7 Å². The van der Waals surface area contributed by atoms with Crippen molar-refractivity contribution in [2.75, 3.05) is 18.9 Å². The van der Waals surface area contributed by atoms with Crippen LogP contribution in [-0.4, -0.2) is 27.9 Å². The van der Waals surface area contributed by atoms with Crippen molar-refractivity contribution in [2.24, 2.45) is 0 Å². The van der Waals surface area contributed by atoms with E-state index in [0.717, 1.165) is 11.1 Å². The van der Waals surface area contributed by atoms with Gasteiger partial charge >= 0.3 is 5.69 Å². The van der Waals surface area contributed by atoms with Crippen molar-refractivity contribution < 1.29 is 14.4 Å². The quantitative estimate of drug-likeness (QED) is 0.414. The highest BCUT2D eigenvalue weighted by Gasteiger charge is 2.27. The van der Waals surface area contributed by atoms with Crippen LogP contribution in [0, 0.1) is 17.0 Å². The second-order valence-corrected chi connectivity index (χ2v) is 6.68. The maximum atomic E-state index is 11.3. The van der Waals surface area contributed by atoms with Crippen molar-refractivity contribution in [3.8, 4) is 0 Å². The first-order valence-corrected chi connectivity index (χ1v) is 9.28. The van der Waals surface area contributed by atoms with E-state index < -0.39 is 11.0 Å². The highest BCUT2D eigenvalue weighted by Crippen LogP contribution is 2.28.